The molecule has 29 heavy (non-hydrogen) atoms. The van der Waals surface area contributed by atoms with Crippen LogP contribution in [-0.2, 0) is 11.3 Å². The SMILES string of the molecule is CN[C@@H](CC(C)C)C(=O)N(Cc1csc(C2CCCCC2)n1)c1ccc(F)cc1. The van der Waals surface area contributed by atoms with Gasteiger partial charge in [0.05, 0.1) is 23.3 Å². The van der Waals surface area contributed by atoms with Gasteiger partial charge in [-0.2, -0.15) is 0 Å². The van der Waals surface area contributed by atoms with Gasteiger partial charge in [0.2, 0.25) is 5.91 Å². The number of carbonyl (C=O) groups excluding carboxylic acids is 1. The molecule has 1 amide bonds. The van der Waals surface area contributed by atoms with Crippen LogP contribution in [0.15, 0.2) is 29.6 Å². The van der Waals surface area contributed by atoms with E-state index in [4.69, 9.17) is 4.98 Å². The Bertz CT molecular complexity index is 784. The Kier molecular flexibility index (Phi) is 7.78. The van der Waals surface area contributed by atoms with Crippen LogP contribution >= 0.6 is 11.3 Å². The van der Waals surface area contributed by atoms with Gasteiger partial charge in [0.15, 0.2) is 0 Å². The maximum absolute atomic E-state index is 13.5. The topological polar surface area (TPSA) is 45.2 Å². The second kappa shape index (κ2) is 10.3. The molecule has 1 fully saturated rings. The first-order valence-electron chi connectivity index (χ1n) is 10.7. The third-order valence-electron chi connectivity index (χ3n) is 5.60. The Balaban J connectivity index is 1.82. The average molecular weight is 418 g/mol. The fraction of sp³-hybridized carbons (Fsp3) is 0.565. The number of likely N-dealkylation sites (N-methyl/N-ethyl adjacent to an activating group) is 1. The van der Waals surface area contributed by atoms with Crippen molar-refractivity contribution in [1.82, 2.24) is 10.3 Å². The lowest BCUT2D eigenvalue weighted by atomic mass is 9.90. The van der Waals surface area contributed by atoms with Crippen LogP contribution in [0.4, 0.5) is 10.1 Å². The number of halogens is 1. The van der Waals surface area contributed by atoms with Gasteiger partial charge in [-0.1, -0.05) is 33.1 Å². The van der Waals surface area contributed by atoms with Gasteiger partial charge in [0.1, 0.15) is 5.82 Å². The van der Waals surface area contributed by atoms with E-state index < -0.39 is 0 Å². The van der Waals surface area contributed by atoms with Gasteiger partial charge in [0.25, 0.3) is 0 Å². The lowest BCUT2D eigenvalue weighted by Crippen LogP contribution is -2.46. The van der Waals surface area contributed by atoms with Crippen LogP contribution in [0.3, 0.4) is 0 Å². The molecule has 6 heteroatoms. The molecule has 1 saturated carbocycles. The number of hydrogen-bond acceptors (Lipinski definition) is 4. The number of amides is 1. The zero-order valence-corrected chi connectivity index (χ0v) is 18.5. The van der Waals surface area contributed by atoms with Crippen molar-refractivity contribution in [3.8, 4) is 0 Å². The molecule has 1 aromatic carbocycles. The van der Waals surface area contributed by atoms with Crippen molar-refractivity contribution < 1.29 is 9.18 Å². The smallest absolute Gasteiger partial charge is 0.244 e. The van der Waals surface area contributed by atoms with Crippen LogP contribution in [0.2, 0.25) is 0 Å². The molecule has 3 rings (SSSR count). The fourth-order valence-corrected chi connectivity index (χ4v) is 5.00. The lowest BCUT2D eigenvalue weighted by Gasteiger charge is -2.28. The van der Waals surface area contributed by atoms with Crippen molar-refractivity contribution >= 4 is 22.9 Å². The van der Waals surface area contributed by atoms with Gasteiger partial charge in [-0.25, -0.2) is 9.37 Å². The zero-order chi connectivity index (χ0) is 20.8. The molecule has 1 aliphatic rings. The van der Waals surface area contributed by atoms with Gasteiger partial charge in [-0.3, -0.25) is 4.79 Å². The number of rotatable bonds is 8. The van der Waals surface area contributed by atoms with E-state index in [-0.39, 0.29) is 17.8 Å². The summed E-state index contributed by atoms with van der Waals surface area (Å²) in [4.78, 5) is 20.0. The van der Waals surface area contributed by atoms with Crippen LogP contribution in [-0.4, -0.2) is 24.0 Å². The third kappa shape index (κ3) is 5.86. The molecule has 1 heterocycles. The molecule has 0 bridgehead atoms. The van der Waals surface area contributed by atoms with E-state index in [9.17, 15) is 9.18 Å². The first-order valence-corrected chi connectivity index (χ1v) is 11.5. The Hall–Kier alpha value is -1.79. The maximum atomic E-state index is 13.5. The summed E-state index contributed by atoms with van der Waals surface area (Å²) >= 11 is 1.71. The molecule has 2 aromatic rings. The Labute approximate surface area is 177 Å². The number of nitrogens with zero attached hydrogens (tertiary/aromatic N) is 2. The van der Waals surface area contributed by atoms with Crippen molar-refractivity contribution in [1.29, 1.82) is 0 Å². The van der Waals surface area contributed by atoms with Gasteiger partial charge < -0.3 is 10.2 Å². The minimum absolute atomic E-state index is 0.0000227. The average Bonchev–Trinajstić information content (AvgIpc) is 3.20. The number of thiazole rings is 1. The summed E-state index contributed by atoms with van der Waals surface area (Å²) in [6.07, 6.45) is 7.05. The van der Waals surface area contributed by atoms with Crippen molar-refractivity contribution in [3.63, 3.8) is 0 Å². The summed E-state index contributed by atoms with van der Waals surface area (Å²) in [7, 11) is 1.82. The third-order valence-corrected chi connectivity index (χ3v) is 6.66. The second-order valence-corrected chi connectivity index (χ2v) is 9.27. The van der Waals surface area contributed by atoms with E-state index in [2.05, 4.69) is 24.5 Å². The first-order chi connectivity index (χ1) is 14.0. The molecule has 0 unspecified atom stereocenters. The van der Waals surface area contributed by atoms with E-state index in [1.807, 2.05) is 7.05 Å². The predicted molar refractivity (Wildman–Crippen MR) is 118 cm³/mol. The van der Waals surface area contributed by atoms with Crippen molar-refractivity contribution in [2.75, 3.05) is 11.9 Å². The van der Waals surface area contributed by atoms with Gasteiger partial charge in [-0.05, 0) is 56.5 Å². The van der Waals surface area contributed by atoms with Crippen LogP contribution in [0, 0.1) is 11.7 Å². The molecule has 158 valence electrons. The van der Waals surface area contributed by atoms with Crippen LogP contribution < -0.4 is 10.2 Å². The maximum Gasteiger partial charge on any atom is 0.244 e. The van der Waals surface area contributed by atoms with Crippen LogP contribution in [0.25, 0.3) is 0 Å². The number of benzene rings is 1. The number of carbonyl (C=O) groups is 1. The Morgan fingerprint density at radius 2 is 1.93 bits per heavy atom. The summed E-state index contributed by atoms with van der Waals surface area (Å²) < 4.78 is 13.5. The first kappa shape index (κ1) is 21.9. The van der Waals surface area contributed by atoms with Crippen molar-refractivity contribution in [3.05, 3.63) is 46.2 Å². The van der Waals surface area contributed by atoms with E-state index in [0.717, 1.165) is 12.1 Å². The number of hydrogen-bond donors (Lipinski definition) is 1. The largest absolute Gasteiger partial charge is 0.309 e. The highest BCUT2D eigenvalue weighted by atomic mass is 32.1. The Morgan fingerprint density at radius 3 is 2.55 bits per heavy atom. The standard InChI is InChI=1S/C23H32FN3OS/c1-16(2)13-21(25-3)23(28)27(20-11-9-18(24)10-12-20)14-19-15-29-22(26-19)17-7-5-4-6-8-17/h9-12,15-17,21,25H,4-8,13-14H2,1-3H3/t21-/m0/s1. The van der Waals surface area contributed by atoms with Gasteiger partial charge in [-0.15, -0.1) is 11.3 Å². The fourth-order valence-electron chi connectivity index (χ4n) is 4.01. The van der Waals surface area contributed by atoms with Gasteiger partial charge in [0, 0.05) is 17.0 Å². The summed E-state index contributed by atoms with van der Waals surface area (Å²) in [6.45, 7) is 4.62. The summed E-state index contributed by atoms with van der Waals surface area (Å²) in [5, 5.41) is 6.42. The molecule has 0 saturated heterocycles. The van der Waals surface area contributed by atoms with Gasteiger partial charge >= 0.3 is 0 Å². The normalized spacial score (nSPS) is 16.2. The summed E-state index contributed by atoms with van der Waals surface area (Å²) in [5.41, 5.74) is 1.61. The molecule has 1 aliphatic carbocycles. The summed E-state index contributed by atoms with van der Waals surface area (Å²) in [5.74, 6) is 0.647. The van der Waals surface area contributed by atoms with Crippen molar-refractivity contribution in [2.45, 2.75) is 70.9 Å². The lowest BCUT2D eigenvalue weighted by molar-refractivity contribution is -0.121. The monoisotopic (exact) mass is 417 g/mol. The molecule has 0 radical (unpaired) electrons. The molecule has 1 atom stereocenters. The molecule has 0 aliphatic heterocycles. The van der Waals surface area contributed by atoms with E-state index in [0.29, 0.717) is 24.1 Å². The molecule has 1 aromatic heterocycles. The van der Waals surface area contributed by atoms with E-state index in [1.54, 1.807) is 28.4 Å². The Morgan fingerprint density at radius 1 is 1.24 bits per heavy atom. The zero-order valence-electron chi connectivity index (χ0n) is 17.7. The minimum Gasteiger partial charge on any atom is -0.309 e. The number of aromatic nitrogens is 1. The predicted octanol–water partition coefficient (Wildman–Crippen LogP) is 5.50. The number of nitrogens with one attached hydrogen (secondary N) is 1. The molecule has 1 N–H and O–H groups in total. The highest BCUT2D eigenvalue weighted by Gasteiger charge is 2.26. The molecular weight excluding hydrogens is 385 g/mol. The quantitative estimate of drug-likeness (QED) is 0.617. The van der Waals surface area contributed by atoms with E-state index in [1.165, 1.54) is 49.2 Å². The summed E-state index contributed by atoms with van der Waals surface area (Å²) in [6, 6.07) is 5.87. The second-order valence-electron chi connectivity index (χ2n) is 8.38. The van der Waals surface area contributed by atoms with Crippen molar-refractivity contribution in [2.24, 2.45) is 5.92 Å². The van der Waals surface area contributed by atoms with E-state index >= 15 is 0 Å². The molecule has 0 spiro atoms. The minimum atomic E-state index is -0.304. The van der Waals surface area contributed by atoms with Crippen LogP contribution in [0.5, 0.6) is 0 Å². The highest BCUT2D eigenvalue weighted by molar-refractivity contribution is 7.09. The van der Waals surface area contributed by atoms with Crippen LogP contribution in [0.1, 0.15) is 69.0 Å². The molecule has 4 nitrogen and oxygen atoms in total. The number of anilines is 1. The highest BCUT2D eigenvalue weighted by Crippen LogP contribution is 2.34. The molecular formula is C23H32FN3OS.